The van der Waals surface area contributed by atoms with E-state index < -0.39 is 5.91 Å². The Kier molecular flexibility index (Phi) is 4.74. The molecular weight excluding hydrogens is 250 g/mol. The van der Waals surface area contributed by atoms with Crippen LogP contribution < -0.4 is 16.8 Å². The molecule has 1 amide bonds. The zero-order chi connectivity index (χ0) is 14.4. The molecule has 0 saturated carbocycles. The Labute approximate surface area is 118 Å². The number of amides is 1. The Hall–Kier alpha value is -2.33. The van der Waals surface area contributed by atoms with Gasteiger partial charge in [0.2, 0.25) is 0 Å². The van der Waals surface area contributed by atoms with Crippen LogP contribution in [-0.2, 0) is 0 Å². The van der Waals surface area contributed by atoms with Crippen LogP contribution in [0.25, 0.3) is 0 Å². The topological polar surface area (TPSA) is 81.1 Å². The molecule has 5 N–H and O–H groups in total. The second-order valence-electron chi connectivity index (χ2n) is 4.64. The lowest BCUT2D eigenvalue weighted by molar-refractivity contribution is 0.100. The third-order valence-electron chi connectivity index (χ3n) is 3.19. The first kappa shape index (κ1) is 14.1. The lowest BCUT2D eigenvalue weighted by Gasteiger charge is -2.14. The number of anilines is 1. The molecule has 104 valence electrons. The minimum atomic E-state index is -0.430. The molecule has 0 fully saturated rings. The maximum absolute atomic E-state index is 11.3. The van der Waals surface area contributed by atoms with Gasteiger partial charge in [0.15, 0.2) is 0 Å². The minimum absolute atomic E-state index is 0.0237. The molecule has 2 aromatic rings. The van der Waals surface area contributed by atoms with Gasteiger partial charge in [0.1, 0.15) is 0 Å². The van der Waals surface area contributed by atoms with Crippen LogP contribution in [0.1, 0.15) is 28.4 Å². The molecule has 0 aliphatic heterocycles. The lowest BCUT2D eigenvalue weighted by atomic mass is 10.0. The van der Waals surface area contributed by atoms with Crippen molar-refractivity contribution in [3.05, 3.63) is 65.7 Å². The number of nitrogens with two attached hydrogens (primary N) is 2. The normalized spacial score (nSPS) is 11.8. The minimum Gasteiger partial charge on any atom is -0.384 e. The van der Waals surface area contributed by atoms with Gasteiger partial charge in [-0.15, -0.1) is 0 Å². The summed E-state index contributed by atoms with van der Waals surface area (Å²) in [5, 5.41) is 3.21. The molecule has 0 bridgehead atoms. The number of nitrogens with one attached hydrogen (secondary N) is 1. The molecule has 4 heteroatoms. The first-order valence-electron chi connectivity index (χ1n) is 6.61. The highest BCUT2D eigenvalue weighted by Gasteiger charge is 2.08. The quantitative estimate of drug-likeness (QED) is 0.752. The summed E-state index contributed by atoms with van der Waals surface area (Å²) in [6, 6.07) is 17.1. The first-order valence-corrected chi connectivity index (χ1v) is 6.61. The third-order valence-corrected chi connectivity index (χ3v) is 3.19. The Morgan fingerprint density at radius 3 is 2.40 bits per heavy atom. The maximum Gasteiger partial charge on any atom is 0.250 e. The van der Waals surface area contributed by atoms with Crippen molar-refractivity contribution >= 4 is 11.6 Å². The van der Waals surface area contributed by atoms with E-state index in [1.165, 1.54) is 0 Å². The van der Waals surface area contributed by atoms with Gasteiger partial charge in [-0.25, -0.2) is 0 Å². The number of benzene rings is 2. The predicted molar refractivity (Wildman–Crippen MR) is 81.4 cm³/mol. The van der Waals surface area contributed by atoms with E-state index in [-0.39, 0.29) is 6.04 Å². The monoisotopic (exact) mass is 269 g/mol. The van der Waals surface area contributed by atoms with Gasteiger partial charge in [0.25, 0.3) is 5.91 Å². The molecule has 0 radical (unpaired) electrons. The van der Waals surface area contributed by atoms with Gasteiger partial charge in [0, 0.05) is 18.3 Å². The fraction of sp³-hybridized carbons (Fsp3) is 0.188. The highest BCUT2D eigenvalue weighted by molar-refractivity contribution is 5.98. The summed E-state index contributed by atoms with van der Waals surface area (Å²) in [5.41, 5.74) is 13.8. The number of primary amides is 1. The zero-order valence-corrected chi connectivity index (χ0v) is 11.3. The van der Waals surface area contributed by atoms with E-state index in [1.54, 1.807) is 12.1 Å². The molecule has 20 heavy (non-hydrogen) atoms. The van der Waals surface area contributed by atoms with Crippen molar-refractivity contribution in [2.45, 2.75) is 12.5 Å². The average molecular weight is 269 g/mol. The smallest absolute Gasteiger partial charge is 0.250 e. The van der Waals surface area contributed by atoms with Gasteiger partial charge in [0.05, 0.1) is 5.56 Å². The molecule has 0 aliphatic carbocycles. The van der Waals surface area contributed by atoms with Gasteiger partial charge >= 0.3 is 0 Å². The second kappa shape index (κ2) is 6.73. The standard InChI is InChI=1S/C16H19N3O/c17-14(12-6-2-1-3-7-12)10-11-19-15-9-5-4-8-13(15)16(18)20/h1-9,14,19H,10-11,17H2,(H2,18,20). The first-order chi connectivity index (χ1) is 9.68. The number of hydrogen-bond donors (Lipinski definition) is 3. The van der Waals surface area contributed by atoms with Crippen molar-refractivity contribution in [3.63, 3.8) is 0 Å². The summed E-state index contributed by atoms with van der Waals surface area (Å²) in [5.74, 6) is -0.430. The van der Waals surface area contributed by atoms with Crippen LogP contribution >= 0.6 is 0 Å². The van der Waals surface area contributed by atoms with Gasteiger partial charge in [-0.1, -0.05) is 42.5 Å². The molecule has 0 spiro atoms. The van der Waals surface area contributed by atoms with Crippen molar-refractivity contribution in [1.82, 2.24) is 0 Å². The summed E-state index contributed by atoms with van der Waals surface area (Å²) < 4.78 is 0. The number of para-hydroxylation sites is 1. The van der Waals surface area contributed by atoms with Crippen LogP contribution in [0.4, 0.5) is 5.69 Å². The molecule has 2 aromatic carbocycles. The van der Waals surface area contributed by atoms with E-state index in [0.29, 0.717) is 12.1 Å². The summed E-state index contributed by atoms with van der Waals surface area (Å²) in [7, 11) is 0. The molecule has 0 aromatic heterocycles. The average Bonchev–Trinajstić information content (AvgIpc) is 2.48. The second-order valence-corrected chi connectivity index (χ2v) is 4.64. The lowest BCUT2D eigenvalue weighted by Crippen LogP contribution is -2.18. The molecule has 1 atom stereocenters. The van der Waals surface area contributed by atoms with E-state index in [1.807, 2.05) is 42.5 Å². The van der Waals surface area contributed by atoms with Crippen molar-refractivity contribution in [1.29, 1.82) is 0 Å². The fourth-order valence-electron chi connectivity index (χ4n) is 2.08. The van der Waals surface area contributed by atoms with Gasteiger partial charge < -0.3 is 16.8 Å². The van der Waals surface area contributed by atoms with Crippen molar-refractivity contribution in [3.8, 4) is 0 Å². The van der Waals surface area contributed by atoms with E-state index in [2.05, 4.69) is 5.32 Å². The Balaban J connectivity index is 1.92. The zero-order valence-electron chi connectivity index (χ0n) is 11.3. The summed E-state index contributed by atoms with van der Waals surface area (Å²) in [6.07, 6.45) is 0.775. The SMILES string of the molecule is NC(=O)c1ccccc1NCCC(N)c1ccccc1. The van der Waals surface area contributed by atoms with Crippen LogP contribution in [0.3, 0.4) is 0 Å². The van der Waals surface area contributed by atoms with Crippen LogP contribution in [0, 0.1) is 0 Å². The van der Waals surface area contributed by atoms with Crippen molar-refractivity contribution < 1.29 is 4.79 Å². The molecule has 4 nitrogen and oxygen atoms in total. The van der Waals surface area contributed by atoms with Gasteiger partial charge in [-0.05, 0) is 24.1 Å². The van der Waals surface area contributed by atoms with E-state index >= 15 is 0 Å². The van der Waals surface area contributed by atoms with Crippen LogP contribution in [0.15, 0.2) is 54.6 Å². The van der Waals surface area contributed by atoms with E-state index in [4.69, 9.17) is 11.5 Å². The van der Waals surface area contributed by atoms with E-state index in [9.17, 15) is 4.79 Å². The van der Waals surface area contributed by atoms with Crippen molar-refractivity contribution in [2.75, 3.05) is 11.9 Å². The third kappa shape index (κ3) is 3.59. The number of hydrogen-bond acceptors (Lipinski definition) is 3. The number of rotatable bonds is 6. The number of carbonyl (C=O) groups excluding carboxylic acids is 1. The van der Waals surface area contributed by atoms with Crippen molar-refractivity contribution in [2.24, 2.45) is 11.5 Å². The van der Waals surface area contributed by atoms with Crippen LogP contribution in [0.2, 0.25) is 0 Å². The maximum atomic E-state index is 11.3. The number of carbonyl (C=O) groups is 1. The van der Waals surface area contributed by atoms with Crippen LogP contribution in [-0.4, -0.2) is 12.5 Å². The highest BCUT2D eigenvalue weighted by atomic mass is 16.1. The van der Waals surface area contributed by atoms with Crippen LogP contribution in [0.5, 0.6) is 0 Å². The molecule has 0 heterocycles. The summed E-state index contributed by atoms with van der Waals surface area (Å²) in [4.78, 5) is 11.3. The Bertz CT molecular complexity index is 569. The largest absolute Gasteiger partial charge is 0.384 e. The molecule has 0 saturated heterocycles. The fourth-order valence-corrected chi connectivity index (χ4v) is 2.08. The van der Waals surface area contributed by atoms with Gasteiger partial charge in [-0.3, -0.25) is 4.79 Å². The molecule has 2 rings (SSSR count). The molecule has 1 unspecified atom stereocenters. The summed E-state index contributed by atoms with van der Waals surface area (Å²) >= 11 is 0. The van der Waals surface area contributed by atoms with Gasteiger partial charge in [-0.2, -0.15) is 0 Å². The highest BCUT2D eigenvalue weighted by Crippen LogP contribution is 2.16. The predicted octanol–water partition coefficient (Wildman–Crippen LogP) is 2.29. The molecular formula is C16H19N3O. The summed E-state index contributed by atoms with van der Waals surface area (Å²) in [6.45, 7) is 0.681. The molecule has 0 aliphatic rings. The van der Waals surface area contributed by atoms with E-state index in [0.717, 1.165) is 17.7 Å². The Morgan fingerprint density at radius 1 is 1.05 bits per heavy atom. The Morgan fingerprint density at radius 2 is 1.70 bits per heavy atom.